The van der Waals surface area contributed by atoms with Crippen molar-refractivity contribution < 1.29 is 4.79 Å². The quantitative estimate of drug-likeness (QED) is 0.670. The minimum atomic E-state index is -0.289. The van der Waals surface area contributed by atoms with Crippen molar-refractivity contribution in [3.8, 4) is 0 Å². The fraction of sp³-hybridized carbons (Fsp3) is 0.308. The van der Waals surface area contributed by atoms with Crippen molar-refractivity contribution >= 4 is 17.5 Å². The Hall–Kier alpha value is -1.82. The number of carbonyl (C=O) groups excluding carboxylic acids is 1. The van der Waals surface area contributed by atoms with Crippen LogP contribution in [0.3, 0.4) is 0 Å². The Kier molecular flexibility index (Phi) is 4.21. The maximum atomic E-state index is 12.2. The first kappa shape index (κ1) is 13.6. The molecule has 0 fully saturated rings. The average Bonchev–Trinajstić information content (AvgIpc) is 2.79. The van der Waals surface area contributed by atoms with Gasteiger partial charge in [-0.05, 0) is 13.8 Å². The van der Waals surface area contributed by atoms with Gasteiger partial charge in [0.05, 0.1) is 5.25 Å². The number of nitrogens with zero attached hydrogens (tertiary/aromatic N) is 2. The number of aromatic nitrogens is 3. The van der Waals surface area contributed by atoms with Crippen molar-refractivity contribution in [2.75, 3.05) is 0 Å². The summed E-state index contributed by atoms with van der Waals surface area (Å²) in [5.41, 5.74) is 0.424. The van der Waals surface area contributed by atoms with Crippen LogP contribution >= 0.6 is 11.8 Å². The summed E-state index contributed by atoms with van der Waals surface area (Å²) in [6.07, 6.45) is 0. The van der Waals surface area contributed by atoms with Crippen LogP contribution in [0, 0.1) is 0 Å². The third-order valence-corrected chi connectivity index (χ3v) is 3.84. The van der Waals surface area contributed by atoms with Gasteiger partial charge in [-0.3, -0.25) is 9.36 Å². The summed E-state index contributed by atoms with van der Waals surface area (Å²) in [5, 5.41) is 6.59. The molecule has 100 valence electrons. The Morgan fingerprint density at radius 3 is 2.74 bits per heavy atom. The molecule has 0 radical (unpaired) electrons. The Labute approximate surface area is 115 Å². The van der Waals surface area contributed by atoms with Crippen LogP contribution in [0.25, 0.3) is 0 Å². The van der Waals surface area contributed by atoms with Crippen molar-refractivity contribution in [2.45, 2.75) is 30.8 Å². The SMILES string of the molecule is CCn1c(S[C@H](C)C(=O)c2ccccc2)n[nH]c1=O. The molecule has 0 aliphatic heterocycles. The molecule has 0 saturated carbocycles. The minimum absolute atomic E-state index is 0.0312. The standard InChI is InChI=1S/C13H15N3O2S/c1-3-16-12(18)14-15-13(16)19-9(2)11(17)10-7-5-4-6-8-10/h4-9H,3H2,1-2H3,(H,14,18)/t9-/m1/s1. The van der Waals surface area contributed by atoms with Gasteiger partial charge < -0.3 is 0 Å². The van der Waals surface area contributed by atoms with Crippen LogP contribution in [0.5, 0.6) is 0 Å². The minimum Gasteiger partial charge on any atom is -0.293 e. The summed E-state index contributed by atoms with van der Waals surface area (Å²) in [6.45, 7) is 4.22. The van der Waals surface area contributed by atoms with Crippen LogP contribution in [-0.4, -0.2) is 25.8 Å². The molecule has 0 saturated heterocycles. The van der Waals surface area contributed by atoms with Crippen LogP contribution < -0.4 is 5.69 Å². The molecular formula is C13H15N3O2S. The lowest BCUT2D eigenvalue weighted by Crippen LogP contribution is -2.18. The normalized spacial score (nSPS) is 12.3. The zero-order chi connectivity index (χ0) is 13.8. The monoisotopic (exact) mass is 277 g/mol. The van der Waals surface area contributed by atoms with Gasteiger partial charge in [0.25, 0.3) is 0 Å². The van der Waals surface area contributed by atoms with Crippen LogP contribution in [-0.2, 0) is 6.54 Å². The molecule has 1 atom stereocenters. The molecule has 0 amide bonds. The number of benzene rings is 1. The summed E-state index contributed by atoms with van der Waals surface area (Å²) < 4.78 is 1.51. The Morgan fingerprint density at radius 1 is 1.42 bits per heavy atom. The number of carbonyl (C=O) groups is 1. The van der Waals surface area contributed by atoms with E-state index in [0.717, 1.165) is 0 Å². The Balaban J connectivity index is 2.15. The maximum Gasteiger partial charge on any atom is 0.343 e. The van der Waals surface area contributed by atoms with Gasteiger partial charge in [-0.15, -0.1) is 5.10 Å². The third kappa shape index (κ3) is 2.96. The summed E-state index contributed by atoms with van der Waals surface area (Å²) in [6, 6.07) is 9.12. The Morgan fingerprint density at radius 2 is 2.11 bits per heavy atom. The summed E-state index contributed by atoms with van der Waals surface area (Å²) >= 11 is 1.29. The number of aromatic amines is 1. The number of rotatable bonds is 5. The fourth-order valence-corrected chi connectivity index (χ4v) is 2.72. The molecule has 0 bridgehead atoms. The van der Waals surface area contributed by atoms with Gasteiger partial charge in [-0.2, -0.15) is 0 Å². The number of nitrogens with one attached hydrogen (secondary N) is 1. The van der Waals surface area contributed by atoms with Crippen molar-refractivity contribution in [3.05, 3.63) is 46.4 Å². The van der Waals surface area contributed by atoms with Crippen LogP contribution in [0.15, 0.2) is 40.3 Å². The largest absolute Gasteiger partial charge is 0.343 e. The van der Waals surface area contributed by atoms with E-state index < -0.39 is 0 Å². The molecule has 2 aromatic rings. The lowest BCUT2D eigenvalue weighted by Gasteiger charge is -2.09. The van der Waals surface area contributed by atoms with E-state index in [2.05, 4.69) is 10.2 Å². The third-order valence-electron chi connectivity index (χ3n) is 2.75. The van der Waals surface area contributed by atoms with Gasteiger partial charge in [0, 0.05) is 12.1 Å². The van der Waals surface area contributed by atoms with Crippen LogP contribution in [0.1, 0.15) is 24.2 Å². The maximum absolute atomic E-state index is 12.2. The van der Waals surface area contributed by atoms with E-state index in [1.807, 2.05) is 32.0 Å². The van der Waals surface area contributed by atoms with Crippen molar-refractivity contribution in [2.24, 2.45) is 0 Å². The molecule has 1 aromatic carbocycles. The van der Waals surface area contributed by atoms with E-state index in [4.69, 9.17) is 0 Å². The molecule has 1 aromatic heterocycles. The summed E-state index contributed by atoms with van der Waals surface area (Å²) in [5.74, 6) is 0.0312. The average molecular weight is 277 g/mol. The molecule has 1 heterocycles. The number of hydrogen-bond acceptors (Lipinski definition) is 4. The van der Waals surface area contributed by atoms with E-state index >= 15 is 0 Å². The summed E-state index contributed by atoms with van der Waals surface area (Å²) in [7, 11) is 0. The first-order valence-corrected chi connectivity index (χ1v) is 6.92. The van der Waals surface area contributed by atoms with E-state index in [1.54, 1.807) is 12.1 Å². The lowest BCUT2D eigenvalue weighted by atomic mass is 10.1. The van der Waals surface area contributed by atoms with Crippen molar-refractivity contribution in [1.82, 2.24) is 14.8 Å². The van der Waals surface area contributed by atoms with Crippen LogP contribution in [0.2, 0.25) is 0 Å². The molecular weight excluding hydrogens is 262 g/mol. The van der Waals surface area contributed by atoms with Gasteiger partial charge in [0.15, 0.2) is 10.9 Å². The first-order valence-electron chi connectivity index (χ1n) is 6.04. The highest BCUT2D eigenvalue weighted by Gasteiger charge is 2.19. The van der Waals surface area contributed by atoms with Crippen molar-refractivity contribution in [3.63, 3.8) is 0 Å². The second-order valence-corrected chi connectivity index (χ2v) is 5.35. The number of thioether (sulfide) groups is 1. The fourth-order valence-electron chi connectivity index (χ4n) is 1.72. The predicted octanol–water partition coefficient (Wildman–Crippen LogP) is 1.95. The van der Waals surface area contributed by atoms with Gasteiger partial charge in [-0.25, -0.2) is 9.89 Å². The molecule has 0 aliphatic rings. The topological polar surface area (TPSA) is 67.8 Å². The van der Waals surface area contributed by atoms with E-state index in [0.29, 0.717) is 17.3 Å². The first-order chi connectivity index (χ1) is 9.13. The molecule has 0 unspecified atom stereocenters. The number of Topliss-reactive ketones (excluding diaryl/α,β-unsaturated/α-hetero) is 1. The summed E-state index contributed by atoms with van der Waals surface area (Å²) in [4.78, 5) is 23.6. The highest BCUT2D eigenvalue weighted by atomic mass is 32.2. The zero-order valence-corrected chi connectivity index (χ0v) is 11.6. The number of ketones is 1. The van der Waals surface area contributed by atoms with Crippen LogP contribution in [0.4, 0.5) is 0 Å². The molecule has 1 N–H and O–H groups in total. The molecule has 19 heavy (non-hydrogen) atoms. The smallest absolute Gasteiger partial charge is 0.293 e. The predicted molar refractivity (Wildman–Crippen MR) is 74.6 cm³/mol. The lowest BCUT2D eigenvalue weighted by molar-refractivity contribution is 0.0994. The number of H-pyrrole nitrogens is 1. The highest BCUT2D eigenvalue weighted by Crippen LogP contribution is 2.22. The van der Waals surface area contributed by atoms with Gasteiger partial charge in [0.1, 0.15) is 0 Å². The Bertz CT molecular complexity index is 618. The van der Waals surface area contributed by atoms with Crippen molar-refractivity contribution in [1.29, 1.82) is 0 Å². The van der Waals surface area contributed by atoms with E-state index in [1.165, 1.54) is 16.3 Å². The van der Waals surface area contributed by atoms with E-state index in [9.17, 15) is 9.59 Å². The molecule has 5 nitrogen and oxygen atoms in total. The van der Waals surface area contributed by atoms with Gasteiger partial charge in [-0.1, -0.05) is 42.1 Å². The second-order valence-electron chi connectivity index (χ2n) is 4.05. The molecule has 0 aliphatic carbocycles. The van der Waals surface area contributed by atoms with E-state index in [-0.39, 0.29) is 16.7 Å². The highest BCUT2D eigenvalue weighted by molar-refractivity contribution is 8.00. The molecule has 0 spiro atoms. The molecule has 2 rings (SSSR count). The zero-order valence-electron chi connectivity index (χ0n) is 10.8. The second kappa shape index (κ2) is 5.88. The number of hydrogen-bond donors (Lipinski definition) is 1. The van der Waals surface area contributed by atoms with Gasteiger partial charge in [0.2, 0.25) is 0 Å². The molecule has 6 heteroatoms. The van der Waals surface area contributed by atoms with Gasteiger partial charge >= 0.3 is 5.69 Å².